The predicted molar refractivity (Wildman–Crippen MR) is 78.5 cm³/mol. The molecular weight excluding hydrogens is 268 g/mol. The van der Waals surface area contributed by atoms with Gasteiger partial charge in [0.25, 0.3) is 0 Å². The standard InChI is InChI=1S/C18H23F2N/c19-14-1-2-16(20)15(6-14)17(21)10-18-7-11-3-12(8-18)5-13(4-11)9-18/h1-2,6,11-13,17H,3-5,7-10,21H2. The first-order chi connectivity index (χ1) is 10.0. The third kappa shape index (κ3) is 2.40. The Morgan fingerprint density at radius 2 is 1.62 bits per heavy atom. The Balaban J connectivity index is 1.56. The van der Waals surface area contributed by atoms with Gasteiger partial charge in [0.2, 0.25) is 0 Å². The van der Waals surface area contributed by atoms with Crippen LogP contribution in [0, 0.1) is 34.8 Å². The average Bonchev–Trinajstić information content (AvgIpc) is 2.39. The number of hydrogen-bond donors (Lipinski definition) is 1. The first-order valence-corrected chi connectivity index (χ1v) is 8.23. The number of hydrogen-bond acceptors (Lipinski definition) is 1. The van der Waals surface area contributed by atoms with E-state index in [1.807, 2.05) is 0 Å². The van der Waals surface area contributed by atoms with E-state index in [0.29, 0.717) is 11.0 Å². The highest BCUT2D eigenvalue weighted by Crippen LogP contribution is 2.62. The third-order valence-electron chi connectivity index (χ3n) is 6.18. The summed E-state index contributed by atoms with van der Waals surface area (Å²) < 4.78 is 27.3. The molecule has 1 atom stereocenters. The molecule has 4 saturated carbocycles. The number of rotatable bonds is 3. The van der Waals surface area contributed by atoms with Gasteiger partial charge in [-0.25, -0.2) is 8.78 Å². The van der Waals surface area contributed by atoms with E-state index < -0.39 is 5.82 Å². The maximum absolute atomic E-state index is 13.9. The molecule has 0 radical (unpaired) electrons. The molecule has 21 heavy (non-hydrogen) atoms. The van der Waals surface area contributed by atoms with Crippen LogP contribution in [-0.4, -0.2) is 0 Å². The lowest BCUT2D eigenvalue weighted by molar-refractivity contribution is -0.0606. The fourth-order valence-corrected chi connectivity index (χ4v) is 5.92. The van der Waals surface area contributed by atoms with Crippen molar-refractivity contribution in [2.75, 3.05) is 0 Å². The first-order valence-electron chi connectivity index (χ1n) is 8.23. The van der Waals surface area contributed by atoms with Crippen LogP contribution < -0.4 is 5.73 Å². The van der Waals surface area contributed by atoms with Gasteiger partial charge in [0, 0.05) is 11.6 Å². The Hall–Kier alpha value is -0.960. The lowest BCUT2D eigenvalue weighted by Crippen LogP contribution is -2.47. The Morgan fingerprint density at radius 3 is 2.19 bits per heavy atom. The second-order valence-electron chi connectivity index (χ2n) is 7.89. The molecule has 4 fully saturated rings. The second kappa shape index (κ2) is 4.77. The van der Waals surface area contributed by atoms with Gasteiger partial charge in [-0.05, 0) is 86.3 Å². The van der Waals surface area contributed by atoms with Crippen LogP contribution in [0.15, 0.2) is 18.2 Å². The fourth-order valence-electron chi connectivity index (χ4n) is 5.92. The van der Waals surface area contributed by atoms with Crippen molar-refractivity contribution < 1.29 is 8.78 Å². The van der Waals surface area contributed by atoms with Gasteiger partial charge >= 0.3 is 0 Å². The highest BCUT2D eigenvalue weighted by Gasteiger charge is 2.51. The smallest absolute Gasteiger partial charge is 0.128 e. The van der Waals surface area contributed by atoms with Gasteiger partial charge in [-0.3, -0.25) is 0 Å². The first kappa shape index (κ1) is 13.7. The lowest BCUT2D eigenvalue weighted by Gasteiger charge is -2.57. The second-order valence-corrected chi connectivity index (χ2v) is 7.89. The van der Waals surface area contributed by atoms with Crippen LogP contribution in [0.2, 0.25) is 0 Å². The lowest BCUT2D eigenvalue weighted by atomic mass is 9.48. The van der Waals surface area contributed by atoms with E-state index in [9.17, 15) is 8.78 Å². The molecule has 0 aliphatic heterocycles. The van der Waals surface area contributed by atoms with Crippen LogP contribution in [0.1, 0.15) is 56.6 Å². The zero-order valence-corrected chi connectivity index (χ0v) is 12.3. The normalized spacial score (nSPS) is 38.7. The molecule has 114 valence electrons. The van der Waals surface area contributed by atoms with Crippen molar-refractivity contribution in [3.8, 4) is 0 Å². The summed E-state index contributed by atoms with van der Waals surface area (Å²) in [6.07, 6.45) is 8.75. The zero-order chi connectivity index (χ0) is 14.6. The van der Waals surface area contributed by atoms with Crippen LogP contribution in [0.25, 0.3) is 0 Å². The maximum Gasteiger partial charge on any atom is 0.128 e. The van der Waals surface area contributed by atoms with Gasteiger partial charge in [-0.1, -0.05) is 0 Å². The molecule has 1 unspecified atom stereocenters. The van der Waals surface area contributed by atoms with E-state index in [1.54, 1.807) is 0 Å². The molecule has 0 spiro atoms. The van der Waals surface area contributed by atoms with E-state index in [0.717, 1.165) is 30.2 Å². The molecule has 0 aromatic heterocycles. The van der Waals surface area contributed by atoms with Crippen molar-refractivity contribution in [3.05, 3.63) is 35.4 Å². The van der Waals surface area contributed by atoms with Gasteiger partial charge in [0.15, 0.2) is 0 Å². The molecule has 0 amide bonds. The summed E-state index contributed by atoms with van der Waals surface area (Å²) >= 11 is 0. The Morgan fingerprint density at radius 1 is 1.05 bits per heavy atom. The number of nitrogens with two attached hydrogens (primary N) is 1. The van der Waals surface area contributed by atoms with Gasteiger partial charge in [0.05, 0.1) is 0 Å². The van der Waals surface area contributed by atoms with Crippen molar-refractivity contribution >= 4 is 0 Å². The molecule has 5 rings (SSSR count). The minimum Gasteiger partial charge on any atom is -0.324 e. The summed E-state index contributed by atoms with van der Waals surface area (Å²) in [7, 11) is 0. The molecule has 1 aromatic rings. The molecule has 0 heterocycles. The summed E-state index contributed by atoms with van der Waals surface area (Å²) in [5, 5.41) is 0. The van der Waals surface area contributed by atoms with Gasteiger partial charge in [-0.15, -0.1) is 0 Å². The minimum atomic E-state index is -0.396. The fraction of sp³-hybridized carbons (Fsp3) is 0.667. The molecule has 1 aromatic carbocycles. The van der Waals surface area contributed by atoms with Crippen LogP contribution in [-0.2, 0) is 0 Å². The topological polar surface area (TPSA) is 26.0 Å². The largest absolute Gasteiger partial charge is 0.324 e. The van der Waals surface area contributed by atoms with Gasteiger partial charge in [0.1, 0.15) is 11.6 Å². The van der Waals surface area contributed by atoms with E-state index in [-0.39, 0.29) is 11.9 Å². The number of benzene rings is 1. The van der Waals surface area contributed by atoms with Crippen molar-refractivity contribution in [3.63, 3.8) is 0 Å². The highest BCUT2D eigenvalue weighted by molar-refractivity contribution is 5.22. The third-order valence-corrected chi connectivity index (χ3v) is 6.18. The maximum atomic E-state index is 13.9. The average molecular weight is 291 g/mol. The van der Waals surface area contributed by atoms with Gasteiger partial charge in [-0.2, -0.15) is 0 Å². The summed E-state index contributed by atoms with van der Waals surface area (Å²) in [6, 6.07) is 3.26. The van der Waals surface area contributed by atoms with Crippen molar-refractivity contribution in [2.24, 2.45) is 28.9 Å². The monoisotopic (exact) mass is 291 g/mol. The molecule has 0 saturated heterocycles. The molecule has 1 nitrogen and oxygen atoms in total. The number of halogens is 2. The molecular formula is C18H23F2N. The van der Waals surface area contributed by atoms with E-state index in [1.165, 1.54) is 50.7 Å². The van der Waals surface area contributed by atoms with Gasteiger partial charge < -0.3 is 5.73 Å². The van der Waals surface area contributed by atoms with E-state index in [4.69, 9.17) is 5.73 Å². The van der Waals surface area contributed by atoms with Crippen LogP contribution in [0.5, 0.6) is 0 Å². The van der Waals surface area contributed by atoms with Crippen molar-refractivity contribution in [2.45, 2.75) is 51.0 Å². The SMILES string of the molecule is NC(CC12CC3CC(CC(C3)C1)C2)c1cc(F)ccc1F. The zero-order valence-electron chi connectivity index (χ0n) is 12.3. The molecule has 4 aliphatic rings. The predicted octanol–water partition coefficient (Wildman–Crippen LogP) is 4.57. The van der Waals surface area contributed by atoms with E-state index in [2.05, 4.69) is 0 Å². The van der Waals surface area contributed by atoms with Crippen molar-refractivity contribution in [1.82, 2.24) is 0 Å². The van der Waals surface area contributed by atoms with Crippen LogP contribution in [0.3, 0.4) is 0 Å². The Kier molecular flexibility index (Phi) is 3.11. The molecule has 3 heteroatoms. The molecule has 2 N–H and O–H groups in total. The Labute approximate surface area is 124 Å². The van der Waals surface area contributed by atoms with Crippen LogP contribution >= 0.6 is 0 Å². The molecule has 4 aliphatic carbocycles. The van der Waals surface area contributed by atoms with Crippen LogP contribution in [0.4, 0.5) is 8.78 Å². The highest BCUT2D eigenvalue weighted by atomic mass is 19.1. The van der Waals surface area contributed by atoms with Crippen molar-refractivity contribution in [1.29, 1.82) is 0 Å². The minimum absolute atomic E-state index is 0.299. The van der Waals surface area contributed by atoms with E-state index >= 15 is 0 Å². The summed E-state index contributed by atoms with van der Waals surface area (Å²) in [4.78, 5) is 0. The summed E-state index contributed by atoms with van der Waals surface area (Å²) in [6.45, 7) is 0. The summed E-state index contributed by atoms with van der Waals surface area (Å²) in [5.74, 6) is 1.82. The Bertz CT molecular complexity index is 519. The quantitative estimate of drug-likeness (QED) is 0.867. The molecule has 4 bridgehead atoms. The summed E-state index contributed by atoms with van der Waals surface area (Å²) in [5.41, 5.74) is 6.93.